The van der Waals surface area contributed by atoms with Crippen molar-refractivity contribution in [2.45, 2.75) is 20.3 Å². The maximum Gasteiger partial charge on any atom is 0.257 e. The van der Waals surface area contributed by atoms with Gasteiger partial charge in [-0.1, -0.05) is 18.2 Å². The van der Waals surface area contributed by atoms with Crippen LogP contribution in [0.3, 0.4) is 0 Å². The lowest BCUT2D eigenvalue weighted by molar-refractivity contribution is -0.123. The molecule has 1 heterocycles. The summed E-state index contributed by atoms with van der Waals surface area (Å²) in [6.45, 7) is 5.74. The molecule has 0 saturated heterocycles. The molecule has 1 N–H and O–H groups in total. The fourth-order valence-corrected chi connectivity index (χ4v) is 2.66. The second-order valence-electron chi connectivity index (χ2n) is 6.06. The lowest BCUT2D eigenvalue weighted by Crippen LogP contribution is -2.30. The molecule has 25 heavy (non-hydrogen) atoms. The fraction of sp³-hybridized carbons (Fsp3) is 0.350. The summed E-state index contributed by atoms with van der Waals surface area (Å²) in [4.78, 5) is 12.0. The quantitative estimate of drug-likeness (QED) is 0.878. The van der Waals surface area contributed by atoms with Crippen molar-refractivity contribution < 1.29 is 19.0 Å². The van der Waals surface area contributed by atoms with E-state index in [9.17, 15) is 4.79 Å². The Morgan fingerprint density at radius 1 is 1.12 bits per heavy atom. The summed E-state index contributed by atoms with van der Waals surface area (Å²) in [5, 5.41) is 2.88. The summed E-state index contributed by atoms with van der Waals surface area (Å²) < 4.78 is 16.7. The Morgan fingerprint density at radius 3 is 2.76 bits per heavy atom. The van der Waals surface area contributed by atoms with Crippen LogP contribution in [0.15, 0.2) is 36.4 Å². The van der Waals surface area contributed by atoms with Crippen LogP contribution in [0.25, 0.3) is 0 Å². The molecule has 0 atom stereocenters. The highest BCUT2D eigenvalue weighted by Gasteiger charge is 2.12. The smallest absolute Gasteiger partial charge is 0.257 e. The van der Waals surface area contributed by atoms with Crippen LogP contribution in [0.4, 0.5) is 0 Å². The summed E-state index contributed by atoms with van der Waals surface area (Å²) in [6, 6.07) is 11.7. The first-order valence-electron chi connectivity index (χ1n) is 8.48. The van der Waals surface area contributed by atoms with E-state index in [1.54, 1.807) is 0 Å². The van der Waals surface area contributed by atoms with Crippen molar-refractivity contribution in [2.75, 3.05) is 26.4 Å². The third-order valence-corrected chi connectivity index (χ3v) is 4.26. The van der Waals surface area contributed by atoms with Crippen LogP contribution in [0.2, 0.25) is 0 Å². The number of carbonyl (C=O) groups excluding carboxylic acids is 1. The van der Waals surface area contributed by atoms with Crippen molar-refractivity contribution in [3.05, 3.63) is 53.1 Å². The molecule has 0 aliphatic carbocycles. The largest absolute Gasteiger partial charge is 0.486 e. The first-order valence-corrected chi connectivity index (χ1v) is 8.48. The first kappa shape index (κ1) is 17.1. The molecule has 0 radical (unpaired) electrons. The van der Waals surface area contributed by atoms with Crippen LogP contribution in [0.1, 0.15) is 16.7 Å². The molecule has 3 rings (SSSR count). The highest BCUT2D eigenvalue weighted by Crippen LogP contribution is 2.30. The van der Waals surface area contributed by atoms with Gasteiger partial charge in [0.05, 0.1) is 0 Å². The van der Waals surface area contributed by atoms with Crippen molar-refractivity contribution in [2.24, 2.45) is 0 Å². The van der Waals surface area contributed by atoms with Gasteiger partial charge in [-0.05, 0) is 55.2 Å². The topological polar surface area (TPSA) is 56.8 Å². The lowest BCUT2D eigenvalue weighted by Gasteiger charge is -2.18. The zero-order valence-corrected chi connectivity index (χ0v) is 14.6. The lowest BCUT2D eigenvalue weighted by atomic mass is 10.1. The van der Waals surface area contributed by atoms with Crippen LogP contribution in [-0.4, -0.2) is 32.3 Å². The number of benzene rings is 2. The molecule has 0 saturated carbocycles. The van der Waals surface area contributed by atoms with E-state index in [-0.39, 0.29) is 12.5 Å². The van der Waals surface area contributed by atoms with Gasteiger partial charge in [-0.25, -0.2) is 0 Å². The predicted molar refractivity (Wildman–Crippen MR) is 95.6 cm³/mol. The van der Waals surface area contributed by atoms with Gasteiger partial charge in [0.2, 0.25) is 0 Å². The Labute approximate surface area is 147 Å². The van der Waals surface area contributed by atoms with Gasteiger partial charge in [-0.2, -0.15) is 0 Å². The number of hydrogen-bond acceptors (Lipinski definition) is 4. The molecule has 1 amide bonds. The molecule has 0 aromatic heterocycles. The van der Waals surface area contributed by atoms with Crippen molar-refractivity contribution in [1.82, 2.24) is 5.32 Å². The number of rotatable bonds is 6. The van der Waals surface area contributed by atoms with Crippen molar-refractivity contribution in [1.29, 1.82) is 0 Å². The molecule has 0 spiro atoms. The molecular weight excluding hydrogens is 318 g/mol. The Morgan fingerprint density at radius 2 is 1.92 bits per heavy atom. The van der Waals surface area contributed by atoms with Crippen molar-refractivity contribution in [3.8, 4) is 17.2 Å². The summed E-state index contributed by atoms with van der Waals surface area (Å²) in [7, 11) is 0. The van der Waals surface area contributed by atoms with E-state index < -0.39 is 0 Å². The highest BCUT2D eigenvalue weighted by atomic mass is 16.6. The molecule has 5 heteroatoms. The van der Waals surface area contributed by atoms with Gasteiger partial charge in [0.15, 0.2) is 18.1 Å². The molecule has 0 bridgehead atoms. The molecule has 2 aromatic carbocycles. The third kappa shape index (κ3) is 4.44. The monoisotopic (exact) mass is 341 g/mol. The number of aryl methyl sites for hydroxylation is 1. The predicted octanol–water partition coefficient (Wildman–Crippen LogP) is 2.81. The summed E-state index contributed by atoms with van der Waals surface area (Å²) in [6.07, 6.45) is 0.728. The molecule has 5 nitrogen and oxygen atoms in total. The fourth-order valence-electron chi connectivity index (χ4n) is 2.66. The first-order chi connectivity index (χ1) is 12.1. The van der Waals surface area contributed by atoms with Gasteiger partial charge in [-0.3, -0.25) is 4.79 Å². The SMILES string of the molecule is Cc1cccc(OCC(=O)NCCc2ccc3c(c2)OCCO3)c1C. The number of fused-ring (bicyclic) bond motifs is 1. The Hall–Kier alpha value is -2.69. The van der Waals surface area contributed by atoms with Gasteiger partial charge < -0.3 is 19.5 Å². The van der Waals surface area contributed by atoms with Crippen molar-refractivity contribution >= 4 is 5.91 Å². The third-order valence-electron chi connectivity index (χ3n) is 4.26. The number of hydrogen-bond donors (Lipinski definition) is 1. The maximum absolute atomic E-state index is 12.0. The molecule has 1 aliphatic heterocycles. The summed E-state index contributed by atoms with van der Waals surface area (Å²) >= 11 is 0. The average molecular weight is 341 g/mol. The van der Waals surface area contributed by atoms with E-state index in [2.05, 4.69) is 5.32 Å². The Kier molecular flexibility index (Phi) is 5.43. The summed E-state index contributed by atoms with van der Waals surface area (Å²) in [5.74, 6) is 2.18. The molecule has 2 aromatic rings. The standard InChI is InChI=1S/C20H23NO4/c1-14-4-3-5-17(15(14)2)25-13-20(22)21-9-8-16-6-7-18-19(12-16)24-11-10-23-18/h3-7,12H,8-11,13H2,1-2H3,(H,21,22). The van der Waals surface area contributed by atoms with Gasteiger partial charge in [-0.15, -0.1) is 0 Å². The molecular formula is C20H23NO4. The number of nitrogens with one attached hydrogen (secondary N) is 1. The number of amides is 1. The van der Waals surface area contributed by atoms with E-state index >= 15 is 0 Å². The Balaban J connectivity index is 1.44. The van der Waals surface area contributed by atoms with E-state index in [1.165, 1.54) is 0 Å². The second-order valence-corrected chi connectivity index (χ2v) is 6.06. The molecule has 132 valence electrons. The molecule has 0 fully saturated rings. The van der Waals surface area contributed by atoms with E-state index in [0.717, 1.165) is 40.4 Å². The number of carbonyl (C=O) groups is 1. The van der Waals surface area contributed by atoms with Gasteiger partial charge in [0.1, 0.15) is 19.0 Å². The van der Waals surface area contributed by atoms with Gasteiger partial charge in [0, 0.05) is 6.54 Å². The highest BCUT2D eigenvalue weighted by molar-refractivity contribution is 5.77. The molecule has 0 unspecified atom stereocenters. The zero-order valence-electron chi connectivity index (χ0n) is 14.6. The van der Waals surface area contributed by atoms with Crippen LogP contribution >= 0.6 is 0 Å². The molecule has 1 aliphatic rings. The van der Waals surface area contributed by atoms with E-state index in [0.29, 0.717) is 19.8 Å². The number of ether oxygens (including phenoxy) is 3. The average Bonchev–Trinajstić information content (AvgIpc) is 2.63. The van der Waals surface area contributed by atoms with Crippen LogP contribution in [0.5, 0.6) is 17.2 Å². The minimum Gasteiger partial charge on any atom is -0.486 e. The van der Waals surface area contributed by atoms with E-state index in [1.807, 2.05) is 50.2 Å². The zero-order chi connectivity index (χ0) is 17.6. The van der Waals surface area contributed by atoms with Gasteiger partial charge >= 0.3 is 0 Å². The van der Waals surface area contributed by atoms with Crippen LogP contribution in [0, 0.1) is 13.8 Å². The minimum atomic E-state index is -0.126. The second kappa shape index (κ2) is 7.92. The summed E-state index contributed by atoms with van der Waals surface area (Å²) in [5.41, 5.74) is 3.31. The minimum absolute atomic E-state index is 0.0193. The van der Waals surface area contributed by atoms with Crippen LogP contribution < -0.4 is 19.5 Å². The Bertz CT molecular complexity index is 757. The normalized spacial score (nSPS) is 12.6. The van der Waals surface area contributed by atoms with Crippen molar-refractivity contribution in [3.63, 3.8) is 0 Å². The van der Waals surface area contributed by atoms with Crippen LogP contribution in [-0.2, 0) is 11.2 Å². The van der Waals surface area contributed by atoms with E-state index in [4.69, 9.17) is 14.2 Å². The maximum atomic E-state index is 12.0. The van der Waals surface area contributed by atoms with Gasteiger partial charge in [0.25, 0.3) is 5.91 Å².